The Balaban J connectivity index is 2.28. The molecular weight excluding hydrogens is 248 g/mol. The van der Waals surface area contributed by atoms with Crippen molar-refractivity contribution in [3.05, 3.63) is 0 Å². The van der Waals surface area contributed by atoms with E-state index in [1.807, 2.05) is 13.8 Å². The highest BCUT2D eigenvalue weighted by atomic mass is 16.5. The maximum atomic E-state index is 11.6. The van der Waals surface area contributed by atoms with Crippen LogP contribution in [0.3, 0.4) is 0 Å². The SMILES string of the molecule is CC(C)CC(CNC(=O)NC1CCOC1)CC(=O)O. The fraction of sp³-hybridized carbons (Fsp3) is 0.846. The summed E-state index contributed by atoms with van der Waals surface area (Å²) in [6, 6.07) is -0.169. The van der Waals surface area contributed by atoms with E-state index in [0.717, 1.165) is 12.8 Å². The second-order valence-corrected chi connectivity index (χ2v) is 5.51. The lowest BCUT2D eigenvalue weighted by atomic mass is 9.94. The molecule has 0 aromatic carbocycles. The van der Waals surface area contributed by atoms with Crippen molar-refractivity contribution < 1.29 is 19.4 Å². The third kappa shape index (κ3) is 7.00. The van der Waals surface area contributed by atoms with Crippen LogP contribution in [-0.4, -0.2) is 42.9 Å². The number of aliphatic carboxylic acids is 1. The van der Waals surface area contributed by atoms with Crippen molar-refractivity contribution in [3.63, 3.8) is 0 Å². The molecule has 6 nitrogen and oxygen atoms in total. The average Bonchev–Trinajstić information content (AvgIpc) is 2.77. The predicted molar refractivity (Wildman–Crippen MR) is 71.0 cm³/mol. The minimum atomic E-state index is -0.822. The van der Waals surface area contributed by atoms with E-state index in [4.69, 9.17) is 9.84 Å². The lowest BCUT2D eigenvalue weighted by molar-refractivity contribution is -0.138. The van der Waals surface area contributed by atoms with E-state index in [2.05, 4.69) is 10.6 Å². The Hall–Kier alpha value is -1.30. The zero-order chi connectivity index (χ0) is 14.3. The number of hydrogen-bond donors (Lipinski definition) is 3. The highest BCUT2D eigenvalue weighted by molar-refractivity contribution is 5.74. The largest absolute Gasteiger partial charge is 0.481 e. The lowest BCUT2D eigenvalue weighted by Gasteiger charge is -2.19. The van der Waals surface area contributed by atoms with Crippen molar-refractivity contribution in [3.8, 4) is 0 Å². The lowest BCUT2D eigenvalue weighted by Crippen LogP contribution is -2.44. The van der Waals surface area contributed by atoms with Gasteiger partial charge in [-0.05, 0) is 24.7 Å². The van der Waals surface area contributed by atoms with E-state index in [-0.39, 0.29) is 24.4 Å². The number of rotatable bonds is 7. The average molecular weight is 272 g/mol. The van der Waals surface area contributed by atoms with Crippen LogP contribution in [0.2, 0.25) is 0 Å². The van der Waals surface area contributed by atoms with Gasteiger partial charge in [0.1, 0.15) is 0 Å². The minimum absolute atomic E-state index is 0.0249. The fourth-order valence-corrected chi connectivity index (χ4v) is 2.27. The van der Waals surface area contributed by atoms with Gasteiger partial charge in [0, 0.05) is 19.6 Å². The summed E-state index contributed by atoms with van der Waals surface area (Å²) in [7, 11) is 0. The predicted octanol–water partition coefficient (Wildman–Crippen LogP) is 1.21. The third-order valence-corrected chi connectivity index (χ3v) is 3.08. The van der Waals surface area contributed by atoms with Gasteiger partial charge in [-0.3, -0.25) is 4.79 Å². The summed E-state index contributed by atoms with van der Waals surface area (Å²) in [6.07, 6.45) is 1.71. The van der Waals surface area contributed by atoms with Crippen LogP contribution in [0.5, 0.6) is 0 Å². The molecule has 19 heavy (non-hydrogen) atoms. The van der Waals surface area contributed by atoms with Crippen molar-refractivity contribution in [2.75, 3.05) is 19.8 Å². The molecular formula is C13H24N2O4. The van der Waals surface area contributed by atoms with E-state index in [1.54, 1.807) is 0 Å². The highest BCUT2D eigenvalue weighted by Crippen LogP contribution is 2.14. The number of carbonyl (C=O) groups is 2. The summed E-state index contributed by atoms with van der Waals surface area (Å²) < 4.78 is 5.17. The van der Waals surface area contributed by atoms with Gasteiger partial charge in [0.25, 0.3) is 0 Å². The van der Waals surface area contributed by atoms with Crippen molar-refractivity contribution in [1.82, 2.24) is 10.6 Å². The number of hydrogen-bond acceptors (Lipinski definition) is 3. The molecule has 2 amide bonds. The molecule has 110 valence electrons. The molecule has 1 aliphatic rings. The van der Waals surface area contributed by atoms with Crippen LogP contribution in [0.1, 0.15) is 33.1 Å². The highest BCUT2D eigenvalue weighted by Gasteiger charge is 2.19. The minimum Gasteiger partial charge on any atom is -0.481 e. The van der Waals surface area contributed by atoms with Crippen LogP contribution in [0.15, 0.2) is 0 Å². The summed E-state index contributed by atoms with van der Waals surface area (Å²) in [4.78, 5) is 22.4. The quantitative estimate of drug-likeness (QED) is 0.650. The molecule has 0 aromatic heterocycles. The van der Waals surface area contributed by atoms with Gasteiger partial charge in [-0.25, -0.2) is 4.79 Å². The Labute approximate surface area is 113 Å². The molecule has 2 unspecified atom stereocenters. The van der Waals surface area contributed by atoms with Crippen LogP contribution in [0, 0.1) is 11.8 Å². The van der Waals surface area contributed by atoms with Crippen molar-refractivity contribution in [2.45, 2.75) is 39.2 Å². The second kappa shape index (κ2) is 7.99. The Kier molecular flexibility index (Phi) is 6.62. The van der Waals surface area contributed by atoms with Gasteiger partial charge in [-0.15, -0.1) is 0 Å². The number of urea groups is 1. The van der Waals surface area contributed by atoms with Crippen LogP contribution < -0.4 is 10.6 Å². The van der Waals surface area contributed by atoms with Gasteiger partial charge in [0.2, 0.25) is 0 Å². The van der Waals surface area contributed by atoms with Crippen molar-refractivity contribution in [2.24, 2.45) is 11.8 Å². The summed E-state index contributed by atoms with van der Waals surface area (Å²) in [5, 5.41) is 14.4. The molecule has 1 heterocycles. The Morgan fingerprint density at radius 3 is 2.68 bits per heavy atom. The topological polar surface area (TPSA) is 87.7 Å². The van der Waals surface area contributed by atoms with Gasteiger partial charge in [-0.1, -0.05) is 13.8 Å². The molecule has 1 fully saturated rings. The number of ether oxygens (including phenoxy) is 1. The van der Waals surface area contributed by atoms with Gasteiger partial charge in [0.05, 0.1) is 12.6 Å². The molecule has 1 aliphatic heterocycles. The number of carboxylic acids is 1. The summed E-state index contributed by atoms with van der Waals surface area (Å²) >= 11 is 0. The molecule has 3 N–H and O–H groups in total. The molecule has 0 aromatic rings. The summed E-state index contributed by atoms with van der Waals surface area (Å²) in [5.74, 6) is -0.433. The maximum Gasteiger partial charge on any atom is 0.315 e. The van der Waals surface area contributed by atoms with E-state index in [0.29, 0.717) is 25.7 Å². The molecule has 0 spiro atoms. The first-order valence-corrected chi connectivity index (χ1v) is 6.81. The van der Waals surface area contributed by atoms with Crippen LogP contribution >= 0.6 is 0 Å². The molecule has 0 aliphatic carbocycles. The zero-order valence-electron chi connectivity index (χ0n) is 11.6. The molecule has 0 saturated carbocycles. The van der Waals surface area contributed by atoms with Gasteiger partial charge in [0.15, 0.2) is 0 Å². The van der Waals surface area contributed by atoms with Gasteiger partial charge >= 0.3 is 12.0 Å². The molecule has 0 radical (unpaired) electrons. The first-order valence-electron chi connectivity index (χ1n) is 6.81. The van der Waals surface area contributed by atoms with Crippen molar-refractivity contribution >= 4 is 12.0 Å². The second-order valence-electron chi connectivity index (χ2n) is 5.51. The standard InChI is InChI=1S/C13H24N2O4/c1-9(2)5-10(6-12(16)17)7-14-13(18)15-11-3-4-19-8-11/h9-11H,3-8H2,1-2H3,(H,16,17)(H2,14,15,18). The first-order chi connectivity index (χ1) is 8.97. The van der Waals surface area contributed by atoms with Crippen LogP contribution in [-0.2, 0) is 9.53 Å². The number of carboxylic acid groups (broad SMARTS) is 1. The van der Waals surface area contributed by atoms with E-state index in [1.165, 1.54) is 0 Å². The number of amides is 2. The molecule has 1 saturated heterocycles. The Morgan fingerprint density at radius 1 is 1.42 bits per heavy atom. The third-order valence-electron chi connectivity index (χ3n) is 3.08. The molecule has 2 atom stereocenters. The summed E-state index contributed by atoms with van der Waals surface area (Å²) in [5.41, 5.74) is 0. The van der Waals surface area contributed by atoms with E-state index >= 15 is 0 Å². The fourth-order valence-electron chi connectivity index (χ4n) is 2.27. The van der Waals surface area contributed by atoms with Gasteiger partial charge in [-0.2, -0.15) is 0 Å². The number of nitrogens with one attached hydrogen (secondary N) is 2. The smallest absolute Gasteiger partial charge is 0.315 e. The van der Waals surface area contributed by atoms with Crippen molar-refractivity contribution in [1.29, 1.82) is 0 Å². The Morgan fingerprint density at radius 2 is 2.16 bits per heavy atom. The molecule has 1 rings (SSSR count). The normalized spacial score (nSPS) is 20.3. The van der Waals surface area contributed by atoms with Crippen LogP contribution in [0.25, 0.3) is 0 Å². The van der Waals surface area contributed by atoms with E-state index in [9.17, 15) is 9.59 Å². The van der Waals surface area contributed by atoms with E-state index < -0.39 is 5.97 Å². The molecule has 0 bridgehead atoms. The Bertz CT molecular complexity index is 301. The first kappa shape index (κ1) is 15.8. The summed E-state index contributed by atoms with van der Waals surface area (Å²) in [6.45, 7) is 5.72. The monoisotopic (exact) mass is 272 g/mol. The number of carbonyl (C=O) groups excluding carboxylic acids is 1. The van der Waals surface area contributed by atoms with Gasteiger partial charge < -0.3 is 20.5 Å². The maximum absolute atomic E-state index is 11.6. The van der Waals surface area contributed by atoms with Crippen LogP contribution in [0.4, 0.5) is 4.79 Å². The molecule has 6 heteroatoms. The zero-order valence-corrected chi connectivity index (χ0v) is 11.6.